The first-order chi connectivity index (χ1) is 27.3. The number of carbonyl (C=O) groups excluding carboxylic acids is 1. The number of ether oxygens (including phenoxy) is 2. The Balaban J connectivity index is 1.28. The van der Waals surface area contributed by atoms with Gasteiger partial charge < -0.3 is 19.6 Å². The van der Waals surface area contributed by atoms with E-state index in [0.29, 0.717) is 44.9 Å². The summed E-state index contributed by atoms with van der Waals surface area (Å²) in [5.74, 6) is -0.279. The number of aryl methyl sites for hydroxylation is 1. The lowest BCUT2D eigenvalue weighted by molar-refractivity contribution is -0.124. The molecule has 6 aromatic rings. The van der Waals surface area contributed by atoms with Gasteiger partial charge in [-0.15, -0.1) is 4.80 Å². The second kappa shape index (κ2) is 16.0. The molecule has 0 radical (unpaired) electrons. The monoisotopic (exact) mass is 810 g/mol. The number of piperidine rings is 1. The molecule has 0 unspecified atom stereocenters. The topological polar surface area (TPSA) is 142 Å². The Kier molecular flexibility index (Phi) is 11.2. The molecule has 0 aliphatic carbocycles. The van der Waals surface area contributed by atoms with Crippen molar-refractivity contribution in [1.29, 1.82) is 0 Å². The minimum Gasteiger partial charge on any atom is -0.496 e. The van der Waals surface area contributed by atoms with Gasteiger partial charge in [-0.1, -0.05) is 85.8 Å². The highest BCUT2D eigenvalue weighted by Gasteiger charge is 2.49. The van der Waals surface area contributed by atoms with Crippen LogP contribution in [0.5, 0.6) is 5.75 Å². The predicted octanol–water partition coefficient (Wildman–Crippen LogP) is 4.96. The SMILES string of the molecule is COc1ccc(F)cc1[C@H](Cn1c(=O)n([C@@]2(C)CCC(=O)NC2)c(=O)c2c(C)c(-n3nccn3)sc21)OCCCC(C)(C)[Si](O)(c1ccccc1)c1ccccc1. The lowest BCUT2D eigenvalue weighted by Gasteiger charge is -2.41. The third-order valence-corrected chi connectivity index (χ3v) is 17.2. The summed E-state index contributed by atoms with van der Waals surface area (Å²) >= 11 is 1.21. The van der Waals surface area contributed by atoms with Crippen molar-refractivity contribution in [3.05, 3.63) is 129 Å². The Hall–Kier alpha value is -5.22. The summed E-state index contributed by atoms with van der Waals surface area (Å²) < 4.78 is 30.2. The van der Waals surface area contributed by atoms with Crippen LogP contribution in [0.3, 0.4) is 0 Å². The van der Waals surface area contributed by atoms with E-state index < -0.39 is 42.1 Å². The van der Waals surface area contributed by atoms with Crippen LogP contribution < -0.4 is 31.7 Å². The van der Waals surface area contributed by atoms with E-state index in [4.69, 9.17) is 9.47 Å². The first kappa shape index (κ1) is 40.0. The third kappa shape index (κ3) is 7.40. The molecular weight excluding hydrogens is 764 g/mol. The number of halogens is 1. The number of hydrogen-bond donors (Lipinski definition) is 2. The normalized spacial score (nSPS) is 16.8. The molecule has 12 nitrogen and oxygen atoms in total. The fourth-order valence-corrected chi connectivity index (χ4v) is 13.1. The van der Waals surface area contributed by atoms with Crippen molar-refractivity contribution in [2.75, 3.05) is 20.3 Å². The maximum Gasteiger partial charge on any atom is 0.332 e. The van der Waals surface area contributed by atoms with Gasteiger partial charge in [0.1, 0.15) is 27.5 Å². The molecule has 7 rings (SSSR count). The van der Waals surface area contributed by atoms with E-state index in [1.807, 2.05) is 60.7 Å². The Morgan fingerprint density at radius 1 is 1.02 bits per heavy atom. The molecule has 1 aliphatic rings. The van der Waals surface area contributed by atoms with E-state index in [9.17, 15) is 19.2 Å². The molecule has 57 heavy (non-hydrogen) atoms. The Bertz CT molecular complexity index is 2450. The largest absolute Gasteiger partial charge is 0.496 e. The molecule has 15 heteroatoms. The van der Waals surface area contributed by atoms with E-state index in [0.717, 1.165) is 10.4 Å². The Morgan fingerprint density at radius 3 is 2.26 bits per heavy atom. The smallest absolute Gasteiger partial charge is 0.332 e. The number of nitrogens with one attached hydrogen (secondary N) is 1. The number of fused-ring (bicyclic) bond motifs is 1. The van der Waals surface area contributed by atoms with Gasteiger partial charge >= 0.3 is 5.69 Å². The van der Waals surface area contributed by atoms with E-state index in [-0.39, 0.29) is 38.4 Å². The number of rotatable bonds is 14. The second-order valence-electron chi connectivity index (χ2n) is 15.5. The Morgan fingerprint density at radius 2 is 1.67 bits per heavy atom. The minimum absolute atomic E-state index is 0.0955. The number of methoxy groups -OCH3 is 1. The summed E-state index contributed by atoms with van der Waals surface area (Å²) in [6, 6.07) is 23.8. The standard InChI is InChI=1S/C42H47FN6O6SSi/c1-28-36-37(51)48(42(4)21-19-35(50)44-27-42)40(52)47(39(36)56-38(28)49-45-22-23-46-49)26-34(32-25-29(43)17-18-33(32)54-5)55-24-12-20-41(2,3)57(53,30-13-8-6-9-14-30)31-15-10-7-11-16-31/h6-11,13-18,22-23,25,34,53H,12,19-21,24,26-27H2,1-5H3,(H,44,50)/t34-,42-/m0/s1. The summed E-state index contributed by atoms with van der Waals surface area (Å²) in [4.78, 5) is 56.0. The summed E-state index contributed by atoms with van der Waals surface area (Å²) in [6.45, 7) is 7.97. The van der Waals surface area contributed by atoms with Gasteiger partial charge in [0.2, 0.25) is 5.91 Å². The van der Waals surface area contributed by atoms with Gasteiger partial charge in [-0.05, 0) is 66.7 Å². The van der Waals surface area contributed by atoms with Crippen LogP contribution in [0, 0.1) is 12.7 Å². The van der Waals surface area contributed by atoms with E-state index in [1.165, 1.54) is 63.0 Å². The number of carbonyl (C=O) groups is 1. The molecule has 3 aromatic carbocycles. The summed E-state index contributed by atoms with van der Waals surface area (Å²) in [5, 5.41) is 13.6. The molecule has 298 valence electrons. The third-order valence-electron chi connectivity index (χ3n) is 11.4. The second-order valence-corrected chi connectivity index (χ2v) is 20.4. The highest BCUT2D eigenvalue weighted by atomic mass is 32.1. The molecule has 4 heterocycles. The van der Waals surface area contributed by atoms with Gasteiger partial charge in [0.15, 0.2) is 0 Å². The first-order valence-electron chi connectivity index (χ1n) is 19.0. The predicted molar refractivity (Wildman–Crippen MR) is 221 cm³/mol. The highest BCUT2D eigenvalue weighted by molar-refractivity contribution is 7.21. The molecule has 2 atom stereocenters. The number of hydrogen-bond acceptors (Lipinski definition) is 9. The van der Waals surface area contributed by atoms with Gasteiger partial charge in [-0.25, -0.2) is 9.18 Å². The Labute approximate surface area is 334 Å². The summed E-state index contributed by atoms with van der Waals surface area (Å²) in [7, 11) is -1.81. The number of amides is 1. The van der Waals surface area contributed by atoms with Crippen LogP contribution in [-0.4, -0.2) is 63.4 Å². The van der Waals surface area contributed by atoms with Crippen LogP contribution in [0.25, 0.3) is 15.2 Å². The summed E-state index contributed by atoms with van der Waals surface area (Å²) in [5.41, 5.74) is -1.09. The average molecular weight is 811 g/mol. The van der Waals surface area contributed by atoms with Gasteiger partial charge in [0.05, 0.1) is 37.0 Å². The molecule has 1 amide bonds. The van der Waals surface area contributed by atoms with Gasteiger partial charge in [0, 0.05) is 30.7 Å². The molecule has 1 saturated heterocycles. The van der Waals surface area contributed by atoms with Crippen molar-refractivity contribution in [2.24, 2.45) is 0 Å². The quantitative estimate of drug-likeness (QED) is 0.116. The average Bonchev–Trinajstić information content (AvgIpc) is 3.87. The summed E-state index contributed by atoms with van der Waals surface area (Å²) in [6.07, 6.45) is 3.72. The van der Waals surface area contributed by atoms with Crippen molar-refractivity contribution >= 4 is 46.2 Å². The minimum atomic E-state index is -3.30. The van der Waals surface area contributed by atoms with E-state index in [2.05, 4.69) is 29.4 Å². The van der Waals surface area contributed by atoms with Crippen LogP contribution >= 0.6 is 11.3 Å². The fraction of sp³-hybridized carbons (Fsp3) is 0.357. The molecule has 0 bridgehead atoms. The highest BCUT2D eigenvalue weighted by Crippen LogP contribution is 2.41. The van der Waals surface area contributed by atoms with Gasteiger partial charge in [0.25, 0.3) is 13.9 Å². The number of nitrogens with zero attached hydrogens (tertiary/aromatic N) is 5. The maximum atomic E-state index is 15.1. The van der Waals surface area contributed by atoms with Crippen LogP contribution in [0.4, 0.5) is 4.39 Å². The van der Waals surface area contributed by atoms with Crippen molar-refractivity contribution < 1.29 is 23.5 Å². The fourth-order valence-electron chi connectivity index (χ4n) is 8.11. The maximum absolute atomic E-state index is 15.1. The molecule has 2 N–H and O–H groups in total. The van der Waals surface area contributed by atoms with Crippen LogP contribution in [0.1, 0.15) is 63.7 Å². The number of thiophene rings is 1. The van der Waals surface area contributed by atoms with Crippen molar-refractivity contribution in [3.63, 3.8) is 0 Å². The first-order valence-corrected chi connectivity index (χ1v) is 21.8. The van der Waals surface area contributed by atoms with E-state index >= 15 is 4.39 Å². The number of aromatic nitrogens is 5. The number of benzene rings is 3. The van der Waals surface area contributed by atoms with Crippen molar-refractivity contribution in [1.82, 2.24) is 29.4 Å². The van der Waals surface area contributed by atoms with E-state index in [1.54, 1.807) is 13.8 Å². The molecule has 0 spiro atoms. The van der Waals surface area contributed by atoms with Crippen LogP contribution in [0.2, 0.25) is 5.04 Å². The van der Waals surface area contributed by atoms with Crippen molar-refractivity contribution in [3.8, 4) is 10.8 Å². The molecule has 0 saturated carbocycles. The van der Waals surface area contributed by atoms with Crippen LogP contribution in [-0.2, 0) is 21.6 Å². The van der Waals surface area contributed by atoms with Crippen LogP contribution in [0.15, 0.2) is 101 Å². The molecule has 1 aliphatic heterocycles. The van der Waals surface area contributed by atoms with Gasteiger partial charge in [-0.2, -0.15) is 10.2 Å². The molecule has 1 fully saturated rings. The van der Waals surface area contributed by atoms with Crippen molar-refractivity contribution in [2.45, 2.75) is 76.6 Å². The lowest BCUT2D eigenvalue weighted by atomic mass is 9.91. The van der Waals surface area contributed by atoms with Gasteiger partial charge in [-0.3, -0.25) is 18.7 Å². The lowest BCUT2D eigenvalue weighted by Crippen LogP contribution is -2.65. The zero-order valence-corrected chi connectivity index (χ0v) is 34.5. The zero-order valence-electron chi connectivity index (χ0n) is 32.7. The molecular formula is C42H47FN6O6SSi. The zero-order chi connectivity index (χ0) is 40.5. The molecule has 3 aromatic heterocycles.